The second-order valence-corrected chi connectivity index (χ2v) is 5.30. The molecule has 0 atom stereocenters. The molecular weight excluding hydrogens is 218 g/mol. The highest BCUT2D eigenvalue weighted by atomic mass is 32.2. The Morgan fingerprint density at radius 1 is 1.38 bits per heavy atom. The van der Waals surface area contributed by atoms with Crippen molar-refractivity contribution in [1.29, 1.82) is 5.26 Å². The fourth-order valence-electron chi connectivity index (χ4n) is 1.86. The summed E-state index contributed by atoms with van der Waals surface area (Å²) in [5.74, 6) is 0. The van der Waals surface area contributed by atoms with Gasteiger partial charge in [0, 0.05) is 23.4 Å². The first kappa shape index (κ1) is 11.5. The van der Waals surface area contributed by atoms with E-state index in [0.717, 1.165) is 36.5 Å². The topological polar surface area (TPSA) is 33.0 Å². The quantitative estimate of drug-likeness (QED) is 0.786. The summed E-state index contributed by atoms with van der Waals surface area (Å²) in [5.41, 5.74) is 2.01. The van der Waals surface area contributed by atoms with E-state index in [4.69, 9.17) is 10.00 Å². The lowest BCUT2D eigenvalue weighted by Gasteiger charge is -2.22. The van der Waals surface area contributed by atoms with Gasteiger partial charge in [-0.15, -0.1) is 11.8 Å². The average molecular weight is 233 g/mol. The van der Waals surface area contributed by atoms with Crippen LogP contribution in [-0.4, -0.2) is 18.5 Å². The summed E-state index contributed by atoms with van der Waals surface area (Å²) in [6.45, 7) is 3.78. The Morgan fingerprint density at radius 3 is 2.81 bits per heavy atom. The van der Waals surface area contributed by atoms with Gasteiger partial charge < -0.3 is 4.74 Å². The maximum atomic E-state index is 9.08. The van der Waals surface area contributed by atoms with Gasteiger partial charge in [-0.2, -0.15) is 5.26 Å². The molecule has 2 nitrogen and oxygen atoms in total. The summed E-state index contributed by atoms with van der Waals surface area (Å²) in [6.07, 6.45) is 2.17. The van der Waals surface area contributed by atoms with Crippen LogP contribution in [0.5, 0.6) is 0 Å². The third-order valence-electron chi connectivity index (χ3n) is 2.79. The van der Waals surface area contributed by atoms with Gasteiger partial charge in [-0.25, -0.2) is 0 Å². The number of ether oxygens (including phenoxy) is 1. The average Bonchev–Trinajstić information content (AvgIpc) is 2.33. The molecule has 0 spiro atoms. The molecule has 1 aliphatic heterocycles. The fraction of sp³-hybridized carbons (Fsp3) is 0.462. The molecule has 0 saturated carbocycles. The predicted octanol–water partition coefficient (Wildman–Crippen LogP) is 3.14. The number of aryl methyl sites for hydroxylation is 1. The third-order valence-corrected chi connectivity index (χ3v) is 4.37. The normalized spacial score (nSPS) is 17.0. The van der Waals surface area contributed by atoms with Gasteiger partial charge in [-0.05, 0) is 31.4 Å². The molecule has 0 aromatic heterocycles. The number of nitrogens with zero attached hydrogens (tertiary/aromatic N) is 1. The molecule has 16 heavy (non-hydrogen) atoms. The molecule has 0 bridgehead atoms. The van der Waals surface area contributed by atoms with E-state index in [2.05, 4.69) is 19.1 Å². The van der Waals surface area contributed by atoms with Gasteiger partial charge in [-0.3, -0.25) is 0 Å². The highest BCUT2D eigenvalue weighted by Gasteiger charge is 2.17. The monoisotopic (exact) mass is 233 g/mol. The van der Waals surface area contributed by atoms with E-state index in [1.165, 1.54) is 5.56 Å². The standard InChI is InChI=1S/C13H15NOS/c1-10-3-2-4-11(9-14)13(10)16-12-5-7-15-8-6-12/h2-4,12H,5-8H2,1H3. The number of rotatable bonds is 2. The van der Waals surface area contributed by atoms with Crippen molar-refractivity contribution in [3.05, 3.63) is 29.3 Å². The lowest BCUT2D eigenvalue weighted by atomic mass is 10.1. The summed E-state index contributed by atoms with van der Waals surface area (Å²) >= 11 is 1.84. The van der Waals surface area contributed by atoms with Gasteiger partial charge in [0.1, 0.15) is 6.07 Å². The number of hydrogen-bond acceptors (Lipinski definition) is 3. The second kappa shape index (κ2) is 5.38. The molecule has 3 heteroatoms. The fourth-order valence-corrected chi connectivity index (χ4v) is 3.11. The molecule has 1 aromatic carbocycles. The zero-order valence-electron chi connectivity index (χ0n) is 9.40. The van der Waals surface area contributed by atoms with Gasteiger partial charge in [0.15, 0.2) is 0 Å². The highest BCUT2D eigenvalue weighted by Crippen LogP contribution is 2.34. The zero-order valence-corrected chi connectivity index (χ0v) is 10.2. The highest BCUT2D eigenvalue weighted by molar-refractivity contribution is 8.00. The third kappa shape index (κ3) is 2.58. The van der Waals surface area contributed by atoms with E-state index >= 15 is 0 Å². The summed E-state index contributed by atoms with van der Waals surface area (Å²) < 4.78 is 5.35. The maximum absolute atomic E-state index is 9.08. The molecular formula is C13H15NOS. The van der Waals surface area contributed by atoms with E-state index < -0.39 is 0 Å². The Morgan fingerprint density at radius 2 is 2.12 bits per heavy atom. The van der Waals surface area contributed by atoms with Crippen LogP contribution in [0.3, 0.4) is 0 Å². The van der Waals surface area contributed by atoms with Crippen LogP contribution in [0.25, 0.3) is 0 Å². The van der Waals surface area contributed by atoms with Crippen LogP contribution >= 0.6 is 11.8 Å². The summed E-state index contributed by atoms with van der Waals surface area (Å²) in [7, 11) is 0. The van der Waals surface area contributed by atoms with E-state index in [9.17, 15) is 0 Å². The van der Waals surface area contributed by atoms with Crippen LogP contribution in [0.1, 0.15) is 24.0 Å². The van der Waals surface area contributed by atoms with Gasteiger partial charge in [0.25, 0.3) is 0 Å². The largest absolute Gasteiger partial charge is 0.381 e. The smallest absolute Gasteiger partial charge is 0.100 e. The van der Waals surface area contributed by atoms with Crippen LogP contribution in [0, 0.1) is 18.3 Å². The minimum Gasteiger partial charge on any atom is -0.381 e. The van der Waals surface area contributed by atoms with Crippen LogP contribution in [-0.2, 0) is 4.74 Å². The molecule has 1 aromatic rings. The molecule has 0 unspecified atom stereocenters. The molecule has 84 valence electrons. The van der Waals surface area contributed by atoms with Crippen molar-refractivity contribution in [2.75, 3.05) is 13.2 Å². The Kier molecular flexibility index (Phi) is 3.87. The van der Waals surface area contributed by atoms with Crippen molar-refractivity contribution in [3.63, 3.8) is 0 Å². The molecule has 0 aliphatic carbocycles. The predicted molar refractivity (Wildman–Crippen MR) is 65.6 cm³/mol. The molecule has 2 rings (SSSR count). The molecule has 0 radical (unpaired) electrons. The van der Waals surface area contributed by atoms with Gasteiger partial charge >= 0.3 is 0 Å². The van der Waals surface area contributed by atoms with Crippen LogP contribution < -0.4 is 0 Å². The van der Waals surface area contributed by atoms with E-state index in [1.807, 2.05) is 23.9 Å². The van der Waals surface area contributed by atoms with Crippen molar-refractivity contribution >= 4 is 11.8 Å². The molecule has 1 aliphatic rings. The van der Waals surface area contributed by atoms with E-state index in [-0.39, 0.29) is 0 Å². The Bertz CT molecular complexity index is 405. The zero-order chi connectivity index (χ0) is 11.4. The first-order valence-corrected chi connectivity index (χ1v) is 6.43. The molecule has 1 fully saturated rings. The minimum absolute atomic E-state index is 0.599. The van der Waals surface area contributed by atoms with Gasteiger partial charge in [-0.1, -0.05) is 12.1 Å². The van der Waals surface area contributed by atoms with Crippen LogP contribution in [0.4, 0.5) is 0 Å². The minimum atomic E-state index is 0.599. The lowest BCUT2D eigenvalue weighted by molar-refractivity contribution is 0.1000. The van der Waals surface area contributed by atoms with Gasteiger partial charge in [0.05, 0.1) is 5.56 Å². The Labute approximate surface area is 101 Å². The van der Waals surface area contributed by atoms with Crippen LogP contribution in [0.15, 0.2) is 23.1 Å². The summed E-state index contributed by atoms with van der Waals surface area (Å²) in [5, 5.41) is 9.68. The van der Waals surface area contributed by atoms with Crippen molar-refractivity contribution < 1.29 is 4.74 Å². The van der Waals surface area contributed by atoms with Crippen molar-refractivity contribution in [2.45, 2.75) is 29.9 Å². The summed E-state index contributed by atoms with van der Waals surface area (Å²) in [6, 6.07) is 8.19. The SMILES string of the molecule is Cc1cccc(C#N)c1SC1CCOCC1. The molecule has 0 N–H and O–H groups in total. The number of benzene rings is 1. The van der Waals surface area contributed by atoms with E-state index in [0.29, 0.717) is 5.25 Å². The molecule has 0 amide bonds. The first-order chi connectivity index (χ1) is 7.81. The number of thioether (sulfide) groups is 1. The lowest BCUT2D eigenvalue weighted by Crippen LogP contribution is -2.17. The van der Waals surface area contributed by atoms with Gasteiger partial charge in [0.2, 0.25) is 0 Å². The maximum Gasteiger partial charge on any atom is 0.100 e. The first-order valence-electron chi connectivity index (χ1n) is 5.55. The molecule has 1 heterocycles. The Hall–Kier alpha value is -0.980. The summed E-state index contributed by atoms with van der Waals surface area (Å²) in [4.78, 5) is 1.15. The second-order valence-electron chi connectivity index (χ2n) is 3.99. The van der Waals surface area contributed by atoms with Crippen molar-refractivity contribution in [1.82, 2.24) is 0 Å². The number of hydrogen-bond donors (Lipinski definition) is 0. The van der Waals surface area contributed by atoms with Crippen molar-refractivity contribution in [2.24, 2.45) is 0 Å². The number of nitriles is 1. The Balaban J connectivity index is 2.16. The van der Waals surface area contributed by atoms with E-state index in [1.54, 1.807) is 0 Å². The van der Waals surface area contributed by atoms with Crippen molar-refractivity contribution in [3.8, 4) is 6.07 Å². The molecule has 1 saturated heterocycles. The van der Waals surface area contributed by atoms with Crippen LogP contribution in [0.2, 0.25) is 0 Å².